The number of anilines is 1. The molecule has 0 saturated carbocycles. The van der Waals surface area contributed by atoms with E-state index in [0.29, 0.717) is 5.56 Å². The number of rotatable bonds is 3. The Bertz CT molecular complexity index is 798. The highest BCUT2D eigenvalue weighted by Gasteiger charge is 2.19. The Balaban J connectivity index is 2.48. The normalized spacial score (nSPS) is 10.8. The smallest absolute Gasteiger partial charge is 0.264 e. The summed E-state index contributed by atoms with van der Waals surface area (Å²) in [7, 11) is -3.89. The third kappa shape index (κ3) is 2.74. The van der Waals surface area contributed by atoms with E-state index >= 15 is 0 Å². The minimum atomic E-state index is -3.89. The van der Waals surface area contributed by atoms with Crippen molar-refractivity contribution in [2.45, 2.75) is 11.8 Å². The van der Waals surface area contributed by atoms with Crippen molar-refractivity contribution in [2.75, 3.05) is 4.72 Å². The highest BCUT2D eigenvalue weighted by Crippen LogP contribution is 2.25. The molecule has 20 heavy (non-hydrogen) atoms. The number of pyridine rings is 1. The second-order valence-corrected chi connectivity index (χ2v) is 6.08. The van der Waals surface area contributed by atoms with Gasteiger partial charge >= 0.3 is 0 Å². The van der Waals surface area contributed by atoms with E-state index in [0.717, 1.165) is 6.20 Å². The van der Waals surface area contributed by atoms with Crippen molar-refractivity contribution < 1.29 is 8.42 Å². The zero-order valence-electron chi connectivity index (χ0n) is 10.5. The molecule has 1 N–H and O–H groups in total. The number of nitriles is 1. The van der Waals surface area contributed by atoms with Gasteiger partial charge in [0.25, 0.3) is 10.0 Å². The van der Waals surface area contributed by atoms with Gasteiger partial charge in [0.15, 0.2) is 0 Å². The Labute approximate surface area is 121 Å². The largest absolute Gasteiger partial charge is 0.278 e. The highest BCUT2D eigenvalue weighted by atomic mass is 35.5. The molecule has 0 fully saturated rings. The third-order valence-corrected chi connectivity index (χ3v) is 4.49. The lowest BCUT2D eigenvalue weighted by Crippen LogP contribution is -2.15. The first-order chi connectivity index (χ1) is 9.45. The second-order valence-electron chi connectivity index (χ2n) is 4.02. The summed E-state index contributed by atoms with van der Waals surface area (Å²) in [5.74, 6) is 0. The van der Waals surface area contributed by atoms with Gasteiger partial charge in [0.05, 0.1) is 16.3 Å². The van der Waals surface area contributed by atoms with Gasteiger partial charge in [0.1, 0.15) is 11.0 Å². The molecule has 0 saturated heterocycles. The molecule has 0 aliphatic rings. The maximum atomic E-state index is 12.3. The van der Waals surface area contributed by atoms with Crippen molar-refractivity contribution in [3.05, 3.63) is 52.8 Å². The van der Waals surface area contributed by atoms with Crippen molar-refractivity contribution in [1.29, 1.82) is 5.26 Å². The van der Waals surface area contributed by atoms with Crippen molar-refractivity contribution in [3.8, 4) is 6.07 Å². The molecule has 0 bridgehead atoms. The van der Waals surface area contributed by atoms with Crippen molar-refractivity contribution in [2.24, 2.45) is 0 Å². The summed E-state index contributed by atoms with van der Waals surface area (Å²) in [5.41, 5.74) is 1.17. The quantitative estimate of drug-likeness (QED) is 0.945. The van der Waals surface area contributed by atoms with Crippen LogP contribution in [0.5, 0.6) is 0 Å². The molecule has 2 aromatic rings. The van der Waals surface area contributed by atoms with Crippen LogP contribution in [0.1, 0.15) is 11.1 Å². The molecule has 5 nitrogen and oxygen atoms in total. The molecule has 2 rings (SSSR count). The van der Waals surface area contributed by atoms with E-state index in [1.807, 2.05) is 6.07 Å². The summed E-state index contributed by atoms with van der Waals surface area (Å²) in [6.07, 6.45) is 2.56. The molecular weight excluding hydrogens is 298 g/mol. The fraction of sp³-hybridized carbons (Fsp3) is 0.0769. The molecule has 0 radical (unpaired) electrons. The van der Waals surface area contributed by atoms with E-state index in [4.69, 9.17) is 16.9 Å². The lowest BCUT2D eigenvalue weighted by atomic mass is 10.1. The van der Waals surface area contributed by atoms with Crippen LogP contribution in [-0.2, 0) is 10.0 Å². The Morgan fingerprint density at radius 2 is 2.10 bits per heavy atom. The Kier molecular flexibility index (Phi) is 3.93. The highest BCUT2D eigenvalue weighted by molar-refractivity contribution is 7.92. The van der Waals surface area contributed by atoms with Gasteiger partial charge < -0.3 is 0 Å². The lowest BCUT2D eigenvalue weighted by Gasteiger charge is -2.11. The van der Waals surface area contributed by atoms with E-state index in [9.17, 15) is 8.42 Å². The fourth-order valence-corrected chi connectivity index (χ4v) is 3.17. The molecule has 0 unspecified atom stereocenters. The molecular formula is C13H10ClN3O2S. The molecule has 1 aromatic carbocycles. The van der Waals surface area contributed by atoms with Gasteiger partial charge in [-0.2, -0.15) is 5.26 Å². The van der Waals surface area contributed by atoms with Crippen molar-refractivity contribution in [1.82, 2.24) is 4.98 Å². The SMILES string of the molecule is Cc1cccc(NS(=O)(=O)c2cnccc2Cl)c1C#N. The molecule has 0 aliphatic heterocycles. The monoisotopic (exact) mass is 307 g/mol. The van der Waals surface area contributed by atoms with Crippen LogP contribution in [0.3, 0.4) is 0 Å². The van der Waals surface area contributed by atoms with Crippen LogP contribution >= 0.6 is 11.6 Å². The first-order valence-electron chi connectivity index (χ1n) is 5.58. The van der Waals surface area contributed by atoms with Crippen LogP contribution < -0.4 is 4.72 Å². The fourth-order valence-electron chi connectivity index (χ4n) is 1.66. The second kappa shape index (κ2) is 5.49. The molecule has 0 aliphatic carbocycles. The van der Waals surface area contributed by atoms with E-state index in [-0.39, 0.29) is 21.2 Å². The Morgan fingerprint density at radius 1 is 1.35 bits per heavy atom. The number of aromatic nitrogens is 1. The van der Waals surface area contributed by atoms with Crippen molar-refractivity contribution in [3.63, 3.8) is 0 Å². The zero-order valence-corrected chi connectivity index (χ0v) is 12.0. The minimum Gasteiger partial charge on any atom is -0.278 e. The zero-order chi connectivity index (χ0) is 14.8. The maximum Gasteiger partial charge on any atom is 0.264 e. The average molecular weight is 308 g/mol. The number of benzene rings is 1. The standard InChI is InChI=1S/C13H10ClN3O2S/c1-9-3-2-4-12(10(9)7-15)17-20(18,19)13-8-16-6-5-11(13)14/h2-6,8,17H,1H3. The first kappa shape index (κ1) is 14.3. The summed E-state index contributed by atoms with van der Waals surface area (Å²) in [4.78, 5) is 3.61. The summed E-state index contributed by atoms with van der Waals surface area (Å²) >= 11 is 5.86. The number of sulfonamides is 1. The summed E-state index contributed by atoms with van der Waals surface area (Å²) in [6.45, 7) is 1.73. The molecule has 1 heterocycles. The topological polar surface area (TPSA) is 82.8 Å². The van der Waals surface area contributed by atoms with Crippen LogP contribution in [0.2, 0.25) is 5.02 Å². The number of halogens is 1. The predicted molar refractivity (Wildman–Crippen MR) is 75.9 cm³/mol. The van der Waals surface area contributed by atoms with Gasteiger partial charge in [-0.15, -0.1) is 0 Å². The van der Waals surface area contributed by atoms with Crippen LogP contribution in [0.15, 0.2) is 41.6 Å². The number of nitrogens with one attached hydrogen (secondary N) is 1. The van der Waals surface area contributed by atoms with E-state index in [2.05, 4.69) is 9.71 Å². The van der Waals surface area contributed by atoms with Gasteiger partial charge in [-0.3, -0.25) is 9.71 Å². The lowest BCUT2D eigenvalue weighted by molar-refractivity contribution is 0.601. The number of nitrogens with zero attached hydrogens (tertiary/aromatic N) is 2. The average Bonchev–Trinajstić information content (AvgIpc) is 2.39. The Hall–Kier alpha value is -2.10. The third-order valence-electron chi connectivity index (χ3n) is 2.65. The number of aryl methyl sites for hydroxylation is 1. The summed E-state index contributed by atoms with van der Waals surface area (Å²) in [6, 6.07) is 8.28. The molecule has 7 heteroatoms. The van der Waals surface area contributed by atoms with E-state index < -0.39 is 10.0 Å². The van der Waals surface area contributed by atoms with Crippen LogP contribution in [-0.4, -0.2) is 13.4 Å². The minimum absolute atomic E-state index is 0.0682. The number of hydrogen-bond donors (Lipinski definition) is 1. The van der Waals surface area contributed by atoms with Crippen LogP contribution in [0.4, 0.5) is 5.69 Å². The first-order valence-corrected chi connectivity index (χ1v) is 7.44. The summed E-state index contributed by atoms with van der Waals surface area (Å²) < 4.78 is 26.9. The van der Waals surface area contributed by atoms with E-state index in [1.54, 1.807) is 19.1 Å². The van der Waals surface area contributed by atoms with E-state index in [1.165, 1.54) is 18.3 Å². The molecule has 102 valence electrons. The van der Waals surface area contributed by atoms with Crippen LogP contribution in [0, 0.1) is 18.3 Å². The van der Waals surface area contributed by atoms with Gasteiger partial charge in [0.2, 0.25) is 0 Å². The molecule has 0 atom stereocenters. The molecule has 0 amide bonds. The van der Waals surface area contributed by atoms with Gasteiger partial charge in [-0.05, 0) is 24.6 Å². The molecule has 0 spiro atoms. The number of hydrogen-bond acceptors (Lipinski definition) is 4. The van der Waals surface area contributed by atoms with Crippen LogP contribution in [0.25, 0.3) is 0 Å². The Morgan fingerprint density at radius 3 is 2.75 bits per heavy atom. The van der Waals surface area contributed by atoms with Gasteiger partial charge in [0, 0.05) is 12.4 Å². The molecule has 1 aromatic heterocycles. The summed E-state index contributed by atoms with van der Waals surface area (Å²) in [5, 5.41) is 9.17. The van der Waals surface area contributed by atoms with Gasteiger partial charge in [-0.1, -0.05) is 23.7 Å². The van der Waals surface area contributed by atoms with Crippen molar-refractivity contribution >= 4 is 27.3 Å². The van der Waals surface area contributed by atoms with Gasteiger partial charge in [-0.25, -0.2) is 8.42 Å². The predicted octanol–water partition coefficient (Wildman–Crippen LogP) is 2.72. The maximum absolute atomic E-state index is 12.3.